The van der Waals surface area contributed by atoms with E-state index in [-0.39, 0.29) is 40.6 Å². The van der Waals surface area contributed by atoms with E-state index in [0.717, 1.165) is 38.5 Å². The van der Waals surface area contributed by atoms with Crippen LogP contribution >= 0.6 is 0 Å². The van der Waals surface area contributed by atoms with Crippen LogP contribution in [0.25, 0.3) is 10.9 Å². The van der Waals surface area contributed by atoms with Crippen LogP contribution in [-0.4, -0.2) is 64.9 Å². The van der Waals surface area contributed by atoms with Gasteiger partial charge < -0.3 is 9.64 Å². The Kier molecular flexibility index (Phi) is 5.72. The SMILES string of the molecule is O=C(OCC(=O)N(C1CCCC1)C1CCS(=O)(=O)C1)c1ccc2c(=O)n3c(nc2c1)CCC3. The highest BCUT2D eigenvalue weighted by Crippen LogP contribution is 2.29. The second-order valence-electron chi connectivity index (χ2n) is 9.19. The highest BCUT2D eigenvalue weighted by Gasteiger charge is 2.39. The molecule has 1 atom stereocenters. The Hall–Kier alpha value is -2.75. The molecule has 1 aromatic carbocycles. The molecule has 5 rings (SSSR count). The van der Waals surface area contributed by atoms with Gasteiger partial charge >= 0.3 is 5.97 Å². The summed E-state index contributed by atoms with van der Waals surface area (Å²) in [6.07, 6.45) is 5.70. The third-order valence-electron chi connectivity index (χ3n) is 6.99. The molecule has 2 aliphatic heterocycles. The topological polar surface area (TPSA) is 116 Å². The van der Waals surface area contributed by atoms with Crippen LogP contribution in [0, 0.1) is 0 Å². The first-order valence-corrected chi connectivity index (χ1v) is 13.4. The monoisotopic (exact) mass is 473 g/mol. The van der Waals surface area contributed by atoms with Crippen LogP contribution < -0.4 is 5.56 Å². The van der Waals surface area contributed by atoms with Gasteiger partial charge in [-0.05, 0) is 43.9 Å². The molecule has 10 heteroatoms. The van der Waals surface area contributed by atoms with E-state index in [1.165, 1.54) is 12.1 Å². The number of rotatable bonds is 5. The van der Waals surface area contributed by atoms with Gasteiger partial charge in [0.15, 0.2) is 16.4 Å². The van der Waals surface area contributed by atoms with Crippen molar-refractivity contribution in [2.45, 2.75) is 63.6 Å². The number of sulfone groups is 1. The fourth-order valence-electron chi connectivity index (χ4n) is 5.38. The molecule has 1 saturated carbocycles. The normalized spacial score (nSPS) is 21.9. The van der Waals surface area contributed by atoms with E-state index in [2.05, 4.69) is 4.98 Å². The van der Waals surface area contributed by atoms with E-state index in [0.29, 0.717) is 29.7 Å². The van der Waals surface area contributed by atoms with Crippen molar-refractivity contribution in [3.8, 4) is 0 Å². The van der Waals surface area contributed by atoms with Gasteiger partial charge in [-0.3, -0.25) is 14.2 Å². The Balaban J connectivity index is 1.31. The maximum Gasteiger partial charge on any atom is 0.338 e. The van der Waals surface area contributed by atoms with Gasteiger partial charge in [0.25, 0.3) is 11.5 Å². The highest BCUT2D eigenvalue weighted by atomic mass is 32.2. The summed E-state index contributed by atoms with van der Waals surface area (Å²) in [7, 11) is -3.14. The van der Waals surface area contributed by atoms with Crippen molar-refractivity contribution >= 4 is 32.6 Å². The van der Waals surface area contributed by atoms with Crippen molar-refractivity contribution in [1.29, 1.82) is 0 Å². The smallest absolute Gasteiger partial charge is 0.338 e. The van der Waals surface area contributed by atoms with E-state index in [4.69, 9.17) is 4.74 Å². The largest absolute Gasteiger partial charge is 0.452 e. The van der Waals surface area contributed by atoms with E-state index >= 15 is 0 Å². The van der Waals surface area contributed by atoms with E-state index in [1.807, 2.05) is 0 Å². The van der Waals surface area contributed by atoms with Crippen LogP contribution in [0.15, 0.2) is 23.0 Å². The minimum absolute atomic E-state index is 0.00515. The fraction of sp³-hybridized carbons (Fsp3) is 0.565. The molecule has 1 unspecified atom stereocenters. The van der Waals surface area contributed by atoms with Crippen molar-refractivity contribution in [2.24, 2.45) is 0 Å². The number of carbonyl (C=O) groups is 2. The molecule has 0 N–H and O–H groups in total. The fourth-order valence-corrected chi connectivity index (χ4v) is 7.09. The lowest BCUT2D eigenvalue weighted by Gasteiger charge is -2.33. The van der Waals surface area contributed by atoms with Crippen LogP contribution in [0.1, 0.15) is 54.7 Å². The number of esters is 1. The molecule has 33 heavy (non-hydrogen) atoms. The molecule has 3 heterocycles. The second kappa shape index (κ2) is 8.55. The van der Waals surface area contributed by atoms with Crippen molar-refractivity contribution in [2.75, 3.05) is 18.1 Å². The van der Waals surface area contributed by atoms with Gasteiger partial charge in [0.1, 0.15) is 5.82 Å². The van der Waals surface area contributed by atoms with E-state index in [1.54, 1.807) is 15.5 Å². The van der Waals surface area contributed by atoms with Crippen molar-refractivity contribution in [3.63, 3.8) is 0 Å². The molecule has 0 bridgehead atoms. The molecule has 2 fully saturated rings. The summed E-state index contributed by atoms with van der Waals surface area (Å²) >= 11 is 0. The van der Waals surface area contributed by atoms with Crippen LogP contribution in [0.5, 0.6) is 0 Å². The van der Waals surface area contributed by atoms with Gasteiger partial charge in [0.2, 0.25) is 0 Å². The summed E-state index contributed by atoms with van der Waals surface area (Å²) in [4.78, 5) is 44.5. The molecule has 1 amide bonds. The number of benzene rings is 1. The minimum Gasteiger partial charge on any atom is -0.452 e. The second-order valence-corrected chi connectivity index (χ2v) is 11.4. The molecule has 9 nitrogen and oxygen atoms in total. The summed E-state index contributed by atoms with van der Waals surface area (Å²) in [6.45, 7) is 0.215. The van der Waals surface area contributed by atoms with Gasteiger partial charge in [-0.2, -0.15) is 0 Å². The van der Waals surface area contributed by atoms with Crippen LogP contribution in [0.4, 0.5) is 0 Å². The Labute approximate surface area is 191 Å². The zero-order valence-electron chi connectivity index (χ0n) is 18.4. The molecule has 0 radical (unpaired) electrons. The number of hydrogen-bond acceptors (Lipinski definition) is 7. The van der Waals surface area contributed by atoms with Gasteiger partial charge in [0.05, 0.1) is 28.0 Å². The third-order valence-corrected chi connectivity index (χ3v) is 8.74. The third kappa shape index (κ3) is 4.28. The number of fused-ring (bicyclic) bond motifs is 2. The van der Waals surface area contributed by atoms with Crippen LogP contribution in [-0.2, 0) is 32.3 Å². The van der Waals surface area contributed by atoms with Crippen LogP contribution in [0.3, 0.4) is 0 Å². The van der Waals surface area contributed by atoms with Crippen molar-refractivity contribution < 1.29 is 22.7 Å². The van der Waals surface area contributed by atoms with Gasteiger partial charge in [-0.25, -0.2) is 18.2 Å². The lowest BCUT2D eigenvalue weighted by molar-refractivity contribution is -0.139. The number of hydrogen-bond donors (Lipinski definition) is 0. The number of aryl methyl sites for hydroxylation is 1. The van der Waals surface area contributed by atoms with Crippen molar-refractivity contribution in [1.82, 2.24) is 14.5 Å². The summed E-state index contributed by atoms with van der Waals surface area (Å²) < 4.78 is 31.0. The molecular weight excluding hydrogens is 446 g/mol. The zero-order valence-corrected chi connectivity index (χ0v) is 19.2. The molecule has 3 aliphatic rings. The maximum absolute atomic E-state index is 13.0. The Morgan fingerprint density at radius 3 is 2.64 bits per heavy atom. The maximum atomic E-state index is 13.0. The number of carbonyl (C=O) groups excluding carboxylic acids is 2. The molecule has 176 valence electrons. The average molecular weight is 474 g/mol. The molecule has 1 aliphatic carbocycles. The summed E-state index contributed by atoms with van der Waals surface area (Å²) in [6, 6.07) is 4.25. The average Bonchev–Trinajstić information content (AvgIpc) is 3.54. The van der Waals surface area contributed by atoms with Crippen molar-refractivity contribution in [3.05, 3.63) is 39.9 Å². The highest BCUT2D eigenvalue weighted by molar-refractivity contribution is 7.91. The van der Waals surface area contributed by atoms with Crippen LogP contribution in [0.2, 0.25) is 0 Å². The molecule has 1 aromatic heterocycles. The zero-order chi connectivity index (χ0) is 23.2. The quantitative estimate of drug-likeness (QED) is 0.604. The molecule has 0 spiro atoms. The van der Waals surface area contributed by atoms with E-state index in [9.17, 15) is 22.8 Å². The predicted molar refractivity (Wildman–Crippen MR) is 121 cm³/mol. The summed E-state index contributed by atoms with van der Waals surface area (Å²) in [5, 5.41) is 0.447. The summed E-state index contributed by atoms with van der Waals surface area (Å²) in [5.74, 6) is -0.251. The first-order chi connectivity index (χ1) is 15.8. The molecule has 2 aromatic rings. The summed E-state index contributed by atoms with van der Waals surface area (Å²) in [5.41, 5.74) is 0.556. The van der Waals surface area contributed by atoms with Gasteiger partial charge in [-0.15, -0.1) is 0 Å². The lowest BCUT2D eigenvalue weighted by Crippen LogP contribution is -2.48. The van der Waals surface area contributed by atoms with E-state index < -0.39 is 22.4 Å². The predicted octanol–water partition coefficient (Wildman–Crippen LogP) is 1.46. The minimum atomic E-state index is -3.14. The van der Waals surface area contributed by atoms with Gasteiger partial charge in [-0.1, -0.05) is 12.8 Å². The standard InChI is InChI=1S/C23H27N3O6S/c27-21(26(16-4-1-2-5-16)17-9-11-33(30,31)14-17)13-32-23(29)15-7-8-18-19(12-15)24-20-6-3-10-25(20)22(18)28/h7-8,12,16-17H,1-6,9-11,13-14H2. The Bertz CT molecular complexity index is 1280. The Morgan fingerprint density at radius 2 is 1.91 bits per heavy atom. The lowest BCUT2D eigenvalue weighted by atomic mass is 10.1. The number of nitrogens with zero attached hydrogens (tertiary/aromatic N) is 3. The first-order valence-electron chi connectivity index (χ1n) is 11.5. The molecule has 1 saturated heterocycles. The number of aromatic nitrogens is 2. The number of ether oxygens (including phenoxy) is 1. The molecular formula is C23H27N3O6S. The number of amides is 1. The first kappa shape index (κ1) is 22.1. The van der Waals surface area contributed by atoms with Gasteiger partial charge in [0, 0.05) is 25.0 Å². The Morgan fingerprint density at radius 1 is 1.12 bits per heavy atom.